The van der Waals surface area contributed by atoms with Crippen molar-refractivity contribution in [1.29, 1.82) is 0 Å². The zero-order chi connectivity index (χ0) is 12.6. The van der Waals surface area contributed by atoms with Crippen LogP contribution in [0.25, 0.3) is 0 Å². The van der Waals surface area contributed by atoms with Gasteiger partial charge in [0.05, 0.1) is 8.66 Å². The number of nitrogens with two attached hydrogens (primary N) is 1. The zero-order valence-electron chi connectivity index (χ0n) is 8.78. The number of nitrogens with zero attached hydrogens (tertiary/aromatic N) is 1. The molecule has 2 rings (SSSR count). The fraction of sp³-hybridized carbons (Fsp3) is 0.400. The van der Waals surface area contributed by atoms with Crippen molar-refractivity contribution in [3.63, 3.8) is 0 Å². The summed E-state index contributed by atoms with van der Waals surface area (Å²) >= 11 is 8.03. The van der Waals surface area contributed by atoms with Gasteiger partial charge in [-0.05, 0) is 50.8 Å². The monoisotopic (exact) mass is 380 g/mol. The summed E-state index contributed by atoms with van der Waals surface area (Å²) in [7, 11) is 0. The maximum atomic E-state index is 12.2. The molecule has 1 aliphatic rings. The molecule has 92 valence electrons. The first-order valence-electron chi connectivity index (χ1n) is 5.06. The van der Waals surface area contributed by atoms with Gasteiger partial charge in [0.1, 0.15) is 6.04 Å². The third kappa shape index (κ3) is 2.56. The van der Waals surface area contributed by atoms with Crippen molar-refractivity contribution >= 4 is 55.0 Å². The average molecular weight is 382 g/mol. The molecule has 0 bridgehead atoms. The molecule has 0 spiro atoms. The van der Waals surface area contributed by atoms with Crippen molar-refractivity contribution in [3.05, 3.63) is 19.2 Å². The highest BCUT2D eigenvalue weighted by atomic mass is 79.9. The van der Waals surface area contributed by atoms with Gasteiger partial charge in [-0.25, -0.2) is 0 Å². The fourth-order valence-electron chi connectivity index (χ4n) is 1.90. The molecule has 2 amide bonds. The minimum atomic E-state index is -0.456. The van der Waals surface area contributed by atoms with Crippen molar-refractivity contribution in [2.45, 2.75) is 18.9 Å². The van der Waals surface area contributed by atoms with E-state index in [9.17, 15) is 9.59 Å². The number of rotatable bonds is 2. The maximum absolute atomic E-state index is 12.2. The molecule has 2 N–H and O–H groups in total. The van der Waals surface area contributed by atoms with Gasteiger partial charge in [-0.2, -0.15) is 0 Å². The van der Waals surface area contributed by atoms with Gasteiger partial charge in [-0.1, -0.05) is 0 Å². The van der Waals surface area contributed by atoms with E-state index >= 15 is 0 Å². The summed E-state index contributed by atoms with van der Waals surface area (Å²) in [6.07, 6.45) is 1.49. The summed E-state index contributed by atoms with van der Waals surface area (Å²) in [4.78, 5) is 25.6. The lowest BCUT2D eigenvalue weighted by molar-refractivity contribution is -0.121. The van der Waals surface area contributed by atoms with Crippen LogP contribution in [-0.2, 0) is 4.79 Å². The molecular formula is C10H10Br2N2O2S. The molecule has 7 heteroatoms. The smallest absolute Gasteiger partial charge is 0.264 e. The average Bonchev–Trinajstić information content (AvgIpc) is 2.85. The Morgan fingerprint density at radius 3 is 2.71 bits per heavy atom. The summed E-state index contributed by atoms with van der Waals surface area (Å²) in [5.74, 6) is -0.548. The zero-order valence-corrected chi connectivity index (χ0v) is 12.8. The van der Waals surface area contributed by atoms with Crippen molar-refractivity contribution in [1.82, 2.24) is 4.90 Å². The minimum absolute atomic E-state index is 0.122. The molecule has 2 heterocycles. The number of amides is 2. The normalized spacial score (nSPS) is 19.6. The van der Waals surface area contributed by atoms with E-state index in [-0.39, 0.29) is 5.91 Å². The standard InChI is InChI=1S/C10H10Br2N2O2S/c11-5-4-7(17-8(5)12)10(16)14-3-1-2-6(14)9(13)15/h4,6H,1-3H2,(H2,13,15). The van der Waals surface area contributed by atoms with Gasteiger partial charge in [-0.15, -0.1) is 11.3 Å². The summed E-state index contributed by atoms with van der Waals surface area (Å²) in [5, 5.41) is 0. The first kappa shape index (κ1) is 13.0. The van der Waals surface area contributed by atoms with Gasteiger partial charge in [0.25, 0.3) is 5.91 Å². The number of hydrogen-bond acceptors (Lipinski definition) is 3. The predicted octanol–water partition coefficient (Wildman–Crippen LogP) is 2.36. The van der Waals surface area contributed by atoms with Crippen LogP contribution in [0.2, 0.25) is 0 Å². The Labute approximate surface area is 119 Å². The van der Waals surface area contributed by atoms with Crippen LogP contribution in [0.4, 0.5) is 0 Å². The maximum Gasteiger partial charge on any atom is 0.264 e. The first-order valence-corrected chi connectivity index (χ1v) is 7.46. The second kappa shape index (κ2) is 5.07. The van der Waals surface area contributed by atoms with Crippen LogP contribution in [-0.4, -0.2) is 29.3 Å². The molecule has 1 aromatic rings. The molecule has 1 unspecified atom stereocenters. The van der Waals surface area contributed by atoms with Crippen LogP contribution in [0.1, 0.15) is 22.5 Å². The van der Waals surface area contributed by atoms with E-state index < -0.39 is 11.9 Å². The van der Waals surface area contributed by atoms with Gasteiger partial charge in [0, 0.05) is 11.0 Å². The van der Waals surface area contributed by atoms with Gasteiger partial charge < -0.3 is 10.6 Å². The molecule has 0 radical (unpaired) electrons. The van der Waals surface area contributed by atoms with E-state index in [0.29, 0.717) is 17.8 Å². The first-order chi connectivity index (χ1) is 8.00. The van der Waals surface area contributed by atoms with E-state index in [1.54, 1.807) is 11.0 Å². The lowest BCUT2D eigenvalue weighted by Gasteiger charge is -2.21. The Morgan fingerprint density at radius 2 is 2.18 bits per heavy atom. The molecule has 1 fully saturated rings. The predicted molar refractivity (Wildman–Crippen MR) is 73.0 cm³/mol. The molecule has 17 heavy (non-hydrogen) atoms. The Bertz CT molecular complexity index is 455. The van der Waals surface area contributed by atoms with Crippen molar-refractivity contribution < 1.29 is 9.59 Å². The van der Waals surface area contributed by atoms with Crippen molar-refractivity contribution in [2.75, 3.05) is 6.54 Å². The van der Waals surface area contributed by atoms with E-state index in [2.05, 4.69) is 31.9 Å². The number of carbonyl (C=O) groups excluding carboxylic acids is 2. The largest absolute Gasteiger partial charge is 0.368 e. The number of thiophene rings is 1. The van der Waals surface area contributed by atoms with Crippen LogP contribution < -0.4 is 5.73 Å². The molecule has 0 aromatic carbocycles. The summed E-state index contributed by atoms with van der Waals surface area (Å²) in [6, 6.07) is 1.30. The number of primary amides is 1. The van der Waals surface area contributed by atoms with Gasteiger partial charge in [0.2, 0.25) is 5.91 Å². The second-order valence-corrected chi connectivity index (χ2v) is 7.02. The van der Waals surface area contributed by atoms with E-state index in [1.807, 2.05) is 0 Å². The highest BCUT2D eigenvalue weighted by Gasteiger charge is 2.33. The third-order valence-electron chi connectivity index (χ3n) is 2.70. The molecule has 1 aliphatic heterocycles. The number of halogens is 2. The van der Waals surface area contributed by atoms with Crippen LogP contribution in [0.15, 0.2) is 14.3 Å². The SMILES string of the molecule is NC(=O)C1CCCN1C(=O)c1cc(Br)c(Br)s1. The summed E-state index contributed by atoms with van der Waals surface area (Å²) in [6.45, 7) is 0.597. The third-order valence-corrected chi connectivity index (χ3v) is 5.94. The van der Waals surface area contributed by atoms with Gasteiger partial charge in [-0.3, -0.25) is 9.59 Å². The van der Waals surface area contributed by atoms with Crippen LogP contribution in [0.5, 0.6) is 0 Å². The molecule has 4 nitrogen and oxygen atoms in total. The molecule has 0 saturated carbocycles. The van der Waals surface area contributed by atoms with Crippen molar-refractivity contribution in [3.8, 4) is 0 Å². The number of carbonyl (C=O) groups is 2. The Hall–Kier alpha value is -0.400. The van der Waals surface area contributed by atoms with E-state index in [0.717, 1.165) is 14.7 Å². The highest BCUT2D eigenvalue weighted by molar-refractivity contribution is 9.13. The Balaban J connectivity index is 2.22. The fourth-order valence-corrected chi connectivity index (χ4v) is 3.89. The van der Waals surface area contributed by atoms with Gasteiger partial charge in [0.15, 0.2) is 0 Å². The Morgan fingerprint density at radius 1 is 1.47 bits per heavy atom. The van der Waals surface area contributed by atoms with E-state index in [4.69, 9.17) is 5.73 Å². The highest BCUT2D eigenvalue weighted by Crippen LogP contribution is 2.34. The Kier molecular flexibility index (Phi) is 3.89. The quantitative estimate of drug-likeness (QED) is 0.854. The minimum Gasteiger partial charge on any atom is -0.368 e. The van der Waals surface area contributed by atoms with Crippen LogP contribution >= 0.6 is 43.2 Å². The molecule has 0 aliphatic carbocycles. The lowest BCUT2D eigenvalue weighted by Crippen LogP contribution is -2.43. The van der Waals surface area contributed by atoms with E-state index in [1.165, 1.54) is 11.3 Å². The molecular weight excluding hydrogens is 372 g/mol. The molecule has 1 saturated heterocycles. The van der Waals surface area contributed by atoms with Crippen molar-refractivity contribution in [2.24, 2.45) is 5.73 Å². The summed E-state index contributed by atoms with van der Waals surface area (Å²) < 4.78 is 1.72. The number of hydrogen-bond donors (Lipinski definition) is 1. The van der Waals surface area contributed by atoms with Crippen LogP contribution in [0, 0.1) is 0 Å². The number of likely N-dealkylation sites (tertiary alicyclic amines) is 1. The summed E-state index contributed by atoms with van der Waals surface area (Å²) in [5.41, 5.74) is 5.29. The molecule has 1 aromatic heterocycles. The molecule has 1 atom stereocenters. The second-order valence-electron chi connectivity index (χ2n) is 3.79. The van der Waals surface area contributed by atoms with Crippen LogP contribution in [0.3, 0.4) is 0 Å². The lowest BCUT2D eigenvalue weighted by atomic mass is 10.2. The topological polar surface area (TPSA) is 63.4 Å². The van der Waals surface area contributed by atoms with Gasteiger partial charge >= 0.3 is 0 Å².